The lowest BCUT2D eigenvalue weighted by Gasteiger charge is -2.50. The third-order valence-corrected chi connectivity index (χ3v) is 11.0. The molecule has 0 nitrogen and oxygen atoms in total. The zero-order valence-electron chi connectivity index (χ0n) is 16.8. The summed E-state index contributed by atoms with van der Waals surface area (Å²) in [6.45, 7) is 5.24. The van der Waals surface area contributed by atoms with Crippen LogP contribution in [0.3, 0.4) is 0 Å². The first-order valence-corrected chi connectivity index (χ1v) is 12.2. The van der Waals surface area contributed by atoms with Crippen LogP contribution in [0.1, 0.15) is 90.9 Å². The van der Waals surface area contributed by atoms with Crippen molar-refractivity contribution >= 4 is 0 Å². The minimum atomic E-state index is 0.824. The largest absolute Gasteiger partial charge is 0.0625 e. The molecular formula is C25H40. The van der Waals surface area contributed by atoms with Crippen molar-refractivity contribution in [3.05, 3.63) is 0 Å². The number of hydrogen-bond donors (Lipinski definition) is 0. The van der Waals surface area contributed by atoms with Gasteiger partial charge in [0.2, 0.25) is 0 Å². The molecule has 0 aromatic heterocycles. The van der Waals surface area contributed by atoms with E-state index in [9.17, 15) is 0 Å². The smallest absolute Gasteiger partial charge is 0.0204 e. The van der Waals surface area contributed by atoms with E-state index in [0.717, 1.165) is 52.8 Å². The minimum Gasteiger partial charge on any atom is -0.0625 e. The molecule has 0 N–H and O–H groups in total. The molecule has 0 aromatic carbocycles. The van der Waals surface area contributed by atoms with E-state index in [2.05, 4.69) is 13.8 Å². The summed E-state index contributed by atoms with van der Waals surface area (Å²) in [4.78, 5) is 0. The third-order valence-electron chi connectivity index (χ3n) is 11.0. The number of rotatable bonds is 0. The fraction of sp³-hybridized carbons (Fsp3) is 1.00. The summed E-state index contributed by atoms with van der Waals surface area (Å²) in [6.07, 6.45) is 19.3. The lowest BCUT2D eigenvalue weighted by atomic mass is 9.55. The van der Waals surface area contributed by atoms with Crippen LogP contribution >= 0.6 is 0 Å². The Morgan fingerprint density at radius 2 is 1.16 bits per heavy atom. The molecule has 0 heteroatoms. The number of fused-ring (bicyclic) bond motifs is 4. The van der Waals surface area contributed by atoms with Gasteiger partial charge < -0.3 is 0 Å². The summed E-state index contributed by atoms with van der Waals surface area (Å²) in [5.74, 6) is 11.3. The first-order valence-electron chi connectivity index (χ1n) is 12.2. The van der Waals surface area contributed by atoms with Crippen LogP contribution in [-0.4, -0.2) is 0 Å². The topological polar surface area (TPSA) is 0 Å². The summed E-state index contributed by atoms with van der Waals surface area (Å²) in [6, 6.07) is 0. The quantitative estimate of drug-likeness (QED) is 0.448. The molecule has 6 aliphatic carbocycles. The molecule has 0 aliphatic heterocycles. The molecule has 6 fully saturated rings. The standard InChI is InChI=1S/C25H40/c1-15-11-18-7-8-19-12-16(2)14-22-24(19)23(18)21(13-15)25(22)10-9-17-5-3-4-6-20(17)25/h15-24H,3-14H2,1-2H3. The van der Waals surface area contributed by atoms with E-state index in [0.29, 0.717) is 0 Å². The summed E-state index contributed by atoms with van der Waals surface area (Å²) in [7, 11) is 0. The van der Waals surface area contributed by atoms with Crippen molar-refractivity contribution in [1.29, 1.82) is 0 Å². The van der Waals surface area contributed by atoms with Crippen molar-refractivity contribution < 1.29 is 0 Å². The maximum atomic E-state index is 2.62. The van der Waals surface area contributed by atoms with Crippen LogP contribution in [0.25, 0.3) is 0 Å². The Hall–Kier alpha value is 0. The van der Waals surface area contributed by atoms with Gasteiger partial charge in [-0.25, -0.2) is 0 Å². The second-order valence-electron chi connectivity index (χ2n) is 11.9. The summed E-state index contributed by atoms with van der Waals surface area (Å²) in [5.41, 5.74) is 0.824. The van der Waals surface area contributed by atoms with Crippen LogP contribution in [-0.2, 0) is 0 Å². The first-order chi connectivity index (χ1) is 12.2. The van der Waals surface area contributed by atoms with Crippen molar-refractivity contribution in [2.45, 2.75) is 90.9 Å². The second kappa shape index (κ2) is 5.51. The molecule has 6 aliphatic rings. The van der Waals surface area contributed by atoms with Crippen molar-refractivity contribution in [2.24, 2.45) is 64.6 Å². The molecule has 25 heavy (non-hydrogen) atoms. The lowest BCUT2D eigenvalue weighted by Crippen LogP contribution is -2.43. The van der Waals surface area contributed by atoms with E-state index >= 15 is 0 Å². The highest BCUT2D eigenvalue weighted by Crippen LogP contribution is 2.76. The SMILES string of the molecule is CC1CC2CCC3CC(C)CC4C3C2C(C1)C41CCC2CCCCC21. The van der Waals surface area contributed by atoms with E-state index in [-0.39, 0.29) is 0 Å². The summed E-state index contributed by atoms with van der Waals surface area (Å²) < 4.78 is 0. The maximum absolute atomic E-state index is 2.62. The molecule has 10 unspecified atom stereocenters. The average molecular weight is 341 g/mol. The van der Waals surface area contributed by atoms with E-state index in [1.165, 1.54) is 11.8 Å². The molecule has 0 heterocycles. The van der Waals surface area contributed by atoms with Crippen molar-refractivity contribution in [1.82, 2.24) is 0 Å². The normalized spacial score (nSPS) is 62.6. The van der Waals surface area contributed by atoms with Gasteiger partial charge in [-0.05, 0) is 122 Å². The molecule has 10 atom stereocenters. The van der Waals surface area contributed by atoms with E-state index in [4.69, 9.17) is 0 Å². The molecule has 0 aromatic rings. The predicted octanol–water partition coefficient (Wildman–Crippen LogP) is 6.94. The second-order valence-corrected chi connectivity index (χ2v) is 11.9. The maximum Gasteiger partial charge on any atom is -0.0204 e. The van der Waals surface area contributed by atoms with Crippen molar-refractivity contribution in [2.75, 3.05) is 0 Å². The van der Waals surface area contributed by atoms with Gasteiger partial charge in [0, 0.05) is 0 Å². The van der Waals surface area contributed by atoms with E-state index in [1.54, 1.807) is 77.0 Å². The lowest BCUT2D eigenvalue weighted by molar-refractivity contribution is -0.0114. The van der Waals surface area contributed by atoms with Gasteiger partial charge in [0.25, 0.3) is 0 Å². The fourth-order valence-corrected chi connectivity index (χ4v) is 10.8. The minimum absolute atomic E-state index is 0.824. The van der Waals surface area contributed by atoms with Gasteiger partial charge >= 0.3 is 0 Å². The fourth-order valence-electron chi connectivity index (χ4n) is 10.8. The zero-order chi connectivity index (χ0) is 16.8. The third kappa shape index (κ3) is 2.01. The van der Waals surface area contributed by atoms with Gasteiger partial charge in [-0.1, -0.05) is 33.1 Å². The van der Waals surface area contributed by atoms with Gasteiger partial charge in [-0.15, -0.1) is 0 Å². The van der Waals surface area contributed by atoms with Crippen LogP contribution in [0.5, 0.6) is 0 Å². The van der Waals surface area contributed by atoms with Crippen LogP contribution in [0.15, 0.2) is 0 Å². The van der Waals surface area contributed by atoms with Crippen molar-refractivity contribution in [3.63, 3.8) is 0 Å². The highest BCUT2D eigenvalue weighted by atomic mass is 14.7. The molecule has 0 saturated heterocycles. The van der Waals surface area contributed by atoms with Gasteiger partial charge in [0.15, 0.2) is 0 Å². The highest BCUT2D eigenvalue weighted by molar-refractivity contribution is 5.18. The molecule has 140 valence electrons. The van der Waals surface area contributed by atoms with Crippen LogP contribution in [0, 0.1) is 64.6 Å². The van der Waals surface area contributed by atoms with Gasteiger partial charge in [-0.3, -0.25) is 0 Å². The number of hydrogen-bond acceptors (Lipinski definition) is 0. The van der Waals surface area contributed by atoms with Crippen LogP contribution < -0.4 is 0 Å². The molecule has 1 spiro atoms. The van der Waals surface area contributed by atoms with Crippen molar-refractivity contribution in [3.8, 4) is 0 Å². The zero-order valence-corrected chi connectivity index (χ0v) is 16.8. The summed E-state index contributed by atoms with van der Waals surface area (Å²) in [5, 5.41) is 0. The summed E-state index contributed by atoms with van der Waals surface area (Å²) >= 11 is 0. The van der Waals surface area contributed by atoms with Gasteiger partial charge in [-0.2, -0.15) is 0 Å². The highest BCUT2D eigenvalue weighted by Gasteiger charge is 2.69. The Kier molecular flexibility index (Phi) is 3.53. The monoisotopic (exact) mass is 340 g/mol. The average Bonchev–Trinajstić information content (AvgIpc) is 3.12. The predicted molar refractivity (Wildman–Crippen MR) is 104 cm³/mol. The van der Waals surface area contributed by atoms with Gasteiger partial charge in [0.05, 0.1) is 0 Å². The Morgan fingerprint density at radius 3 is 1.80 bits per heavy atom. The Balaban J connectivity index is 1.48. The first kappa shape index (κ1) is 16.0. The molecular weight excluding hydrogens is 300 g/mol. The molecule has 0 amide bonds. The van der Waals surface area contributed by atoms with E-state index in [1.807, 2.05) is 0 Å². The molecule has 6 saturated carbocycles. The van der Waals surface area contributed by atoms with E-state index < -0.39 is 0 Å². The Morgan fingerprint density at radius 1 is 0.560 bits per heavy atom. The Labute approximate surface area is 155 Å². The van der Waals surface area contributed by atoms with Crippen LogP contribution in [0.4, 0.5) is 0 Å². The van der Waals surface area contributed by atoms with Gasteiger partial charge in [0.1, 0.15) is 0 Å². The van der Waals surface area contributed by atoms with Crippen LogP contribution in [0.2, 0.25) is 0 Å². The Bertz CT molecular complexity index is 502. The molecule has 0 radical (unpaired) electrons. The molecule has 0 bridgehead atoms. The molecule has 6 rings (SSSR count).